The van der Waals surface area contributed by atoms with Crippen LogP contribution < -0.4 is 4.74 Å². The summed E-state index contributed by atoms with van der Waals surface area (Å²) >= 11 is 0. The number of aromatic nitrogens is 3. The van der Waals surface area contributed by atoms with Gasteiger partial charge in [0.05, 0.1) is 6.20 Å². The van der Waals surface area contributed by atoms with Gasteiger partial charge in [0.1, 0.15) is 0 Å². The number of carboxylic acid groups (broad SMARTS) is 1. The van der Waals surface area contributed by atoms with Crippen molar-refractivity contribution in [2.75, 3.05) is 0 Å². The minimum atomic E-state index is -0.833. The molecular weight excluding hydrogens is 730 g/mol. The Labute approximate surface area is 274 Å². The van der Waals surface area contributed by atoms with Crippen molar-refractivity contribution >= 4 is 5.97 Å². The number of carbonyl (C=O) groups is 1. The Hall–Kier alpha value is -4.02. The van der Waals surface area contributed by atoms with E-state index in [1.807, 2.05) is 47.3 Å². The van der Waals surface area contributed by atoms with Crippen molar-refractivity contribution in [2.24, 2.45) is 0 Å². The van der Waals surface area contributed by atoms with E-state index in [0.717, 1.165) is 18.2 Å². The Morgan fingerprint density at radius 1 is 0.886 bits per heavy atom. The molecule has 2 aromatic heterocycles. The summed E-state index contributed by atoms with van der Waals surface area (Å²) in [4.78, 5) is 13.2. The van der Waals surface area contributed by atoms with Crippen LogP contribution >= 0.6 is 0 Å². The van der Waals surface area contributed by atoms with Gasteiger partial charge in [-0.2, -0.15) is 11.2 Å². The normalized spacial score (nSPS) is 12.2. The van der Waals surface area contributed by atoms with Crippen molar-refractivity contribution in [1.82, 2.24) is 14.8 Å². The first-order valence-corrected chi connectivity index (χ1v) is 15.1. The molecule has 5 aromatic rings. The number of hydrogen-bond donors (Lipinski definition) is 1. The van der Waals surface area contributed by atoms with E-state index in [1.54, 1.807) is 6.20 Å². The second kappa shape index (κ2) is 15.1. The largest absolute Gasteiger partial charge is 0.481 e. The van der Waals surface area contributed by atoms with E-state index >= 15 is 0 Å². The second-order valence-corrected chi connectivity index (χ2v) is 11.0. The summed E-state index contributed by atoms with van der Waals surface area (Å²) in [5.41, 5.74) is 8.98. The fourth-order valence-electron chi connectivity index (χ4n) is 6.01. The summed E-state index contributed by atoms with van der Waals surface area (Å²) in [5, 5.41) is 12.1. The fourth-order valence-corrected chi connectivity index (χ4v) is 6.01. The summed E-state index contributed by atoms with van der Waals surface area (Å²) in [7, 11) is 0. The zero-order valence-electron chi connectivity index (χ0n) is 25.4. The number of pyridine rings is 1. The van der Waals surface area contributed by atoms with Gasteiger partial charge in [-0.25, -0.2) is 4.98 Å². The van der Waals surface area contributed by atoms with Gasteiger partial charge in [-0.05, 0) is 58.5 Å². The van der Waals surface area contributed by atoms with Crippen LogP contribution in [-0.4, -0.2) is 25.8 Å². The van der Waals surface area contributed by atoms with Crippen molar-refractivity contribution in [3.63, 3.8) is 0 Å². The number of hydrogen-bond acceptors (Lipinski definition) is 4. The molecule has 3 aromatic carbocycles. The molecule has 0 unspecified atom stereocenters. The molecule has 1 aliphatic carbocycles. The predicted molar refractivity (Wildman–Crippen MR) is 171 cm³/mol. The maximum absolute atomic E-state index is 9.00. The molecule has 6 nitrogen and oxygen atoms in total. The van der Waals surface area contributed by atoms with Crippen LogP contribution in [0.25, 0.3) is 27.9 Å². The van der Waals surface area contributed by atoms with E-state index in [9.17, 15) is 0 Å². The van der Waals surface area contributed by atoms with Gasteiger partial charge in [0.25, 0.3) is 5.97 Å². The average Bonchev–Trinajstić information content (AvgIpc) is 3.62. The first-order valence-electron chi connectivity index (χ1n) is 15.1. The molecule has 6 rings (SSSR count). The van der Waals surface area contributed by atoms with Gasteiger partial charge >= 0.3 is 0 Å². The fraction of sp³-hybridized carbons (Fsp3) is 0.270. The molecule has 0 radical (unpaired) electrons. The molecule has 0 bridgehead atoms. The van der Waals surface area contributed by atoms with Crippen molar-refractivity contribution < 1.29 is 35.7 Å². The van der Waals surface area contributed by atoms with Crippen molar-refractivity contribution in [3.8, 4) is 39.6 Å². The molecule has 44 heavy (non-hydrogen) atoms. The second-order valence-electron chi connectivity index (χ2n) is 11.0. The van der Waals surface area contributed by atoms with Gasteiger partial charge in [-0.15, -0.1) is 18.2 Å². The SMILES string of the molecule is CC(=O)O.CCCCC1(CCCC)c2ccccc2-c2ccc(-c3cnn(-c4[c-]c(Oc5ccccn5)ccc4)c3)cc21.[Pt]. The molecule has 0 amide bonds. The number of aliphatic carboxylic acids is 1. The number of unbranched alkanes of at least 4 members (excludes halogenated alkanes) is 2. The van der Waals surface area contributed by atoms with Gasteiger partial charge in [0.2, 0.25) is 5.88 Å². The molecule has 7 heteroatoms. The zero-order chi connectivity index (χ0) is 30.2. The van der Waals surface area contributed by atoms with Crippen LogP contribution in [0.5, 0.6) is 11.6 Å². The molecule has 0 atom stereocenters. The standard InChI is InChI=1S/C35H34N3O.C2H4O2.Pt/c1-3-5-19-35(20-6-4-2)32-15-8-7-14-30(32)31-18-17-26(22-33(31)35)27-24-37-38(25-27)28-12-11-13-29(23-28)39-34-16-9-10-21-36-34;1-2(3)4;/h7-18,21-22,24-25H,3-6,19-20H2,1-2H3;1H3,(H,3,4);/q-1;;. The van der Waals surface area contributed by atoms with Crippen LogP contribution in [0.2, 0.25) is 0 Å². The number of rotatable bonds is 10. The zero-order valence-corrected chi connectivity index (χ0v) is 27.7. The Morgan fingerprint density at radius 3 is 2.30 bits per heavy atom. The third-order valence-electron chi connectivity index (χ3n) is 7.95. The minimum Gasteiger partial charge on any atom is -0.481 e. The number of nitrogens with zero attached hydrogens (tertiary/aromatic N) is 3. The van der Waals surface area contributed by atoms with E-state index < -0.39 is 5.97 Å². The van der Waals surface area contributed by atoms with Gasteiger partial charge in [0, 0.05) is 63.2 Å². The van der Waals surface area contributed by atoms with Crippen molar-refractivity contribution in [3.05, 3.63) is 115 Å². The van der Waals surface area contributed by atoms with Gasteiger partial charge in [0.15, 0.2) is 0 Å². The van der Waals surface area contributed by atoms with Crippen LogP contribution in [0.1, 0.15) is 70.4 Å². The topological polar surface area (TPSA) is 77.2 Å². The Balaban J connectivity index is 0.000000834. The molecule has 0 aliphatic heterocycles. The van der Waals surface area contributed by atoms with E-state index in [4.69, 9.17) is 19.7 Å². The van der Waals surface area contributed by atoms with Crippen LogP contribution in [0.3, 0.4) is 0 Å². The van der Waals surface area contributed by atoms with Crippen LogP contribution in [-0.2, 0) is 31.3 Å². The maximum atomic E-state index is 9.00. The molecule has 1 aliphatic rings. The summed E-state index contributed by atoms with van der Waals surface area (Å²) in [6, 6.07) is 30.8. The van der Waals surface area contributed by atoms with Crippen molar-refractivity contribution in [1.29, 1.82) is 0 Å². The first kappa shape index (κ1) is 32.9. The molecule has 0 saturated carbocycles. The molecule has 1 N–H and O–H groups in total. The quantitative estimate of drug-likeness (QED) is 0.144. The summed E-state index contributed by atoms with van der Waals surface area (Å²) in [5.74, 6) is 0.316. The smallest absolute Gasteiger partial charge is 0.300 e. The molecular formula is C37H38N3O3Pt-. The molecule has 0 spiro atoms. The van der Waals surface area contributed by atoms with E-state index in [2.05, 4.69) is 73.6 Å². The number of fused-ring (bicyclic) bond motifs is 3. The Bertz CT molecular complexity index is 1670. The monoisotopic (exact) mass is 767 g/mol. The molecule has 230 valence electrons. The summed E-state index contributed by atoms with van der Waals surface area (Å²) in [6.07, 6.45) is 13.0. The average molecular weight is 768 g/mol. The molecule has 0 fully saturated rings. The van der Waals surface area contributed by atoms with Crippen molar-refractivity contribution in [2.45, 2.75) is 64.7 Å². The van der Waals surface area contributed by atoms with E-state index in [-0.39, 0.29) is 26.5 Å². The van der Waals surface area contributed by atoms with Gasteiger partial charge < -0.3 is 9.84 Å². The third kappa shape index (κ3) is 7.19. The van der Waals surface area contributed by atoms with Gasteiger partial charge in [-0.3, -0.25) is 9.48 Å². The minimum absolute atomic E-state index is 0. The van der Waals surface area contributed by atoms with Crippen LogP contribution in [0.4, 0.5) is 0 Å². The summed E-state index contributed by atoms with van der Waals surface area (Å²) < 4.78 is 7.76. The molecule has 2 heterocycles. The predicted octanol–water partition coefficient (Wildman–Crippen LogP) is 9.26. The Kier molecular flexibility index (Phi) is 11.3. The number of carboxylic acids is 1. The summed E-state index contributed by atoms with van der Waals surface area (Å²) in [6.45, 7) is 5.68. The number of ether oxygens (including phenoxy) is 1. The Morgan fingerprint density at radius 2 is 1.59 bits per heavy atom. The molecule has 0 saturated heterocycles. The third-order valence-corrected chi connectivity index (χ3v) is 7.95. The van der Waals surface area contributed by atoms with Crippen LogP contribution in [0.15, 0.2) is 97.5 Å². The van der Waals surface area contributed by atoms with Crippen LogP contribution in [0, 0.1) is 6.07 Å². The number of benzene rings is 3. The maximum Gasteiger partial charge on any atom is 0.300 e. The van der Waals surface area contributed by atoms with E-state index in [1.165, 1.54) is 66.3 Å². The first-order chi connectivity index (χ1) is 20.9. The van der Waals surface area contributed by atoms with Gasteiger partial charge in [-0.1, -0.05) is 82.0 Å². The van der Waals surface area contributed by atoms with E-state index in [0.29, 0.717) is 11.6 Å².